The molecule has 4 heteroatoms. The predicted molar refractivity (Wildman–Crippen MR) is 88.2 cm³/mol. The highest BCUT2D eigenvalue weighted by atomic mass is 79.9. The third-order valence-electron chi connectivity index (χ3n) is 3.84. The van der Waals surface area contributed by atoms with E-state index in [9.17, 15) is 4.79 Å². The van der Waals surface area contributed by atoms with Crippen LogP contribution in [0.5, 0.6) is 0 Å². The van der Waals surface area contributed by atoms with E-state index in [2.05, 4.69) is 28.1 Å². The molecule has 0 fully saturated rings. The zero-order chi connectivity index (χ0) is 14.8. The SMILES string of the molecule is NC1C(=O)N(CCCc2ccccc2)c2ccc(Br)cc21. The number of carbonyl (C=O) groups is 1. The summed E-state index contributed by atoms with van der Waals surface area (Å²) in [5, 5.41) is 0. The fraction of sp³-hybridized carbons (Fsp3) is 0.235. The third kappa shape index (κ3) is 2.87. The molecular formula is C17H17BrN2O. The molecular weight excluding hydrogens is 328 g/mol. The van der Waals surface area contributed by atoms with E-state index in [0.717, 1.165) is 28.6 Å². The number of benzene rings is 2. The smallest absolute Gasteiger partial charge is 0.248 e. The first kappa shape index (κ1) is 14.3. The number of aryl methyl sites for hydroxylation is 1. The van der Waals surface area contributed by atoms with Crippen LogP contribution in [0.25, 0.3) is 0 Å². The predicted octanol–water partition coefficient (Wildman–Crippen LogP) is 3.43. The van der Waals surface area contributed by atoms with Gasteiger partial charge in [-0.25, -0.2) is 0 Å². The zero-order valence-electron chi connectivity index (χ0n) is 11.6. The molecule has 1 atom stereocenters. The van der Waals surface area contributed by atoms with E-state index >= 15 is 0 Å². The van der Waals surface area contributed by atoms with Crippen LogP contribution < -0.4 is 10.6 Å². The van der Waals surface area contributed by atoms with Gasteiger partial charge in [-0.05, 0) is 36.6 Å². The second-order valence-corrected chi connectivity index (χ2v) is 6.18. The Morgan fingerprint density at radius 3 is 2.67 bits per heavy atom. The number of hydrogen-bond donors (Lipinski definition) is 1. The molecule has 1 unspecified atom stereocenters. The van der Waals surface area contributed by atoms with Crippen LogP contribution in [0.1, 0.15) is 23.6 Å². The summed E-state index contributed by atoms with van der Waals surface area (Å²) in [6, 6.07) is 15.6. The van der Waals surface area contributed by atoms with Crippen LogP contribution >= 0.6 is 15.9 Å². The molecule has 21 heavy (non-hydrogen) atoms. The van der Waals surface area contributed by atoms with Gasteiger partial charge in [-0.15, -0.1) is 0 Å². The molecule has 1 amide bonds. The molecule has 1 aliphatic heterocycles. The molecule has 0 saturated carbocycles. The Hall–Kier alpha value is -1.65. The molecule has 0 aromatic heterocycles. The number of halogens is 1. The van der Waals surface area contributed by atoms with Crippen molar-refractivity contribution in [3.05, 3.63) is 64.1 Å². The van der Waals surface area contributed by atoms with Crippen molar-refractivity contribution >= 4 is 27.5 Å². The number of hydrogen-bond acceptors (Lipinski definition) is 2. The van der Waals surface area contributed by atoms with Crippen molar-refractivity contribution in [1.82, 2.24) is 0 Å². The van der Waals surface area contributed by atoms with E-state index in [1.54, 1.807) is 0 Å². The second kappa shape index (κ2) is 6.00. The topological polar surface area (TPSA) is 46.3 Å². The fourth-order valence-corrected chi connectivity index (χ4v) is 3.14. The van der Waals surface area contributed by atoms with Crippen LogP contribution in [0.15, 0.2) is 53.0 Å². The first-order valence-corrected chi connectivity index (χ1v) is 7.86. The van der Waals surface area contributed by atoms with Gasteiger partial charge in [0.15, 0.2) is 0 Å². The number of nitrogens with zero attached hydrogens (tertiary/aromatic N) is 1. The minimum Gasteiger partial charge on any atom is -0.316 e. The fourth-order valence-electron chi connectivity index (χ4n) is 2.76. The molecule has 2 N–H and O–H groups in total. The first-order valence-electron chi connectivity index (χ1n) is 7.07. The van der Waals surface area contributed by atoms with E-state index in [-0.39, 0.29) is 5.91 Å². The van der Waals surface area contributed by atoms with Gasteiger partial charge in [0.25, 0.3) is 0 Å². The molecule has 0 spiro atoms. The van der Waals surface area contributed by atoms with E-state index in [4.69, 9.17) is 5.73 Å². The van der Waals surface area contributed by atoms with Gasteiger partial charge in [-0.1, -0.05) is 46.3 Å². The highest BCUT2D eigenvalue weighted by molar-refractivity contribution is 9.10. The maximum atomic E-state index is 12.3. The van der Waals surface area contributed by atoms with Gasteiger partial charge < -0.3 is 10.6 Å². The van der Waals surface area contributed by atoms with Crippen LogP contribution in [-0.2, 0) is 11.2 Å². The molecule has 0 saturated heterocycles. The first-order chi connectivity index (χ1) is 10.2. The summed E-state index contributed by atoms with van der Waals surface area (Å²) in [5.74, 6) is -0.00355. The van der Waals surface area contributed by atoms with Crippen molar-refractivity contribution < 1.29 is 4.79 Å². The minimum absolute atomic E-state index is 0.00355. The van der Waals surface area contributed by atoms with Crippen LogP contribution in [0.3, 0.4) is 0 Å². The summed E-state index contributed by atoms with van der Waals surface area (Å²) in [6.45, 7) is 0.704. The van der Waals surface area contributed by atoms with Gasteiger partial charge in [0.05, 0.1) is 0 Å². The highest BCUT2D eigenvalue weighted by Gasteiger charge is 2.34. The van der Waals surface area contributed by atoms with Crippen molar-refractivity contribution in [1.29, 1.82) is 0 Å². The maximum absolute atomic E-state index is 12.3. The molecule has 0 bridgehead atoms. The van der Waals surface area contributed by atoms with Gasteiger partial charge in [0.1, 0.15) is 6.04 Å². The van der Waals surface area contributed by atoms with Crippen LogP contribution in [0.2, 0.25) is 0 Å². The Morgan fingerprint density at radius 1 is 1.14 bits per heavy atom. The molecule has 3 rings (SSSR count). The Bertz CT molecular complexity index is 657. The van der Waals surface area contributed by atoms with Crippen molar-refractivity contribution in [2.75, 3.05) is 11.4 Å². The van der Waals surface area contributed by atoms with E-state index in [1.807, 2.05) is 41.3 Å². The largest absolute Gasteiger partial charge is 0.316 e. The van der Waals surface area contributed by atoms with E-state index < -0.39 is 6.04 Å². The Kier molecular flexibility index (Phi) is 4.08. The maximum Gasteiger partial charge on any atom is 0.248 e. The number of nitrogens with two attached hydrogens (primary N) is 1. The zero-order valence-corrected chi connectivity index (χ0v) is 13.2. The van der Waals surface area contributed by atoms with Gasteiger partial charge in [-0.3, -0.25) is 4.79 Å². The molecule has 1 aliphatic rings. The standard InChI is InChI=1S/C17H17BrN2O/c18-13-8-9-15-14(11-13)16(19)17(21)20(15)10-4-7-12-5-2-1-3-6-12/h1-3,5-6,8-9,11,16H,4,7,10,19H2. The summed E-state index contributed by atoms with van der Waals surface area (Å²) < 4.78 is 0.954. The lowest BCUT2D eigenvalue weighted by Crippen LogP contribution is -2.32. The number of fused-ring (bicyclic) bond motifs is 1. The monoisotopic (exact) mass is 344 g/mol. The minimum atomic E-state index is -0.533. The van der Waals surface area contributed by atoms with E-state index in [1.165, 1.54) is 5.56 Å². The number of anilines is 1. The molecule has 1 heterocycles. The molecule has 108 valence electrons. The lowest BCUT2D eigenvalue weighted by atomic mass is 10.1. The van der Waals surface area contributed by atoms with E-state index in [0.29, 0.717) is 6.54 Å². The van der Waals surface area contributed by atoms with Crippen molar-refractivity contribution in [3.63, 3.8) is 0 Å². The highest BCUT2D eigenvalue weighted by Crippen LogP contribution is 2.36. The summed E-state index contributed by atoms with van der Waals surface area (Å²) in [7, 11) is 0. The van der Waals surface area contributed by atoms with Crippen LogP contribution in [0.4, 0.5) is 5.69 Å². The Labute approximate surface area is 132 Å². The molecule has 0 aliphatic carbocycles. The molecule has 0 radical (unpaired) electrons. The quantitative estimate of drug-likeness (QED) is 0.923. The van der Waals surface area contributed by atoms with Crippen molar-refractivity contribution in [2.24, 2.45) is 5.73 Å². The Morgan fingerprint density at radius 2 is 1.90 bits per heavy atom. The number of rotatable bonds is 4. The van der Waals surface area contributed by atoms with Crippen molar-refractivity contribution in [3.8, 4) is 0 Å². The second-order valence-electron chi connectivity index (χ2n) is 5.26. The van der Waals surface area contributed by atoms with Crippen LogP contribution in [0, 0.1) is 0 Å². The normalized spacial score (nSPS) is 17.1. The summed E-state index contributed by atoms with van der Waals surface area (Å²) in [6.07, 6.45) is 1.89. The molecule has 2 aromatic carbocycles. The lowest BCUT2D eigenvalue weighted by Gasteiger charge is -2.17. The Balaban J connectivity index is 1.70. The van der Waals surface area contributed by atoms with Gasteiger partial charge in [0, 0.05) is 22.3 Å². The molecule has 2 aromatic rings. The third-order valence-corrected chi connectivity index (χ3v) is 4.33. The number of amides is 1. The van der Waals surface area contributed by atoms with Crippen LogP contribution in [-0.4, -0.2) is 12.5 Å². The van der Waals surface area contributed by atoms with Gasteiger partial charge in [0.2, 0.25) is 5.91 Å². The van der Waals surface area contributed by atoms with Gasteiger partial charge in [-0.2, -0.15) is 0 Å². The van der Waals surface area contributed by atoms with Crippen molar-refractivity contribution in [2.45, 2.75) is 18.9 Å². The average Bonchev–Trinajstić information content (AvgIpc) is 2.73. The summed E-state index contributed by atoms with van der Waals surface area (Å²) in [4.78, 5) is 14.1. The lowest BCUT2D eigenvalue weighted by molar-refractivity contribution is -0.119. The number of carbonyl (C=O) groups excluding carboxylic acids is 1. The summed E-state index contributed by atoms with van der Waals surface area (Å²) >= 11 is 3.43. The molecule has 3 nitrogen and oxygen atoms in total. The van der Waals surface area contributed by atoms with Gasteiger partial charge >= 0.3 is 0 Å². The summed E-state index contributed by atoms with van der Waals surface area (Å²) in [5.41, 5.74) is 9.17. The average molecular weight is 345 g/mol.